The molecule has 1 heterocycles. The quantitative estimate of drug-likeness (QED) is 0.875. The third-order valence-corrected chi connectivity index (χ3v) is 4.23. The average Bonchev–Trinajstić information content (AvgIpc) is 2.77. The first kappa shape index (κ1) is 12.9. The third-order valence-electron chi connectivity index (χ3n) is 3.70. The second kappa shape index (κ2) is 4.47. The molecule has 1 spiro atoms. The molecule has 5 nitrogen and oxygen atoms in total. The first-order valence-electron chi connectivity index (χ1n) is 6.09. The minimum atomic E-state index is -1.03. The van der Waals surface area contributed by atoms with Crippen molar-refractivity contribution < 1.29 is 19.4 Å². The Morgan fingerprint density at radius 1 is 1.21 bits per heavy atom. The number of benzene rings is 1. The molecule has 1 saturated heterocycles. The Morgan fingerprint density at radius 2 is 1.79 bits per heavy atom. The molecule has 1 aromatic carbocycles. The van der Waals surface area contributed by atoms with Crippen LogP contribution in [-0.2, 0) is 15.0 Å². The predicted molar refractivity (Wildman–Crippen MR) is 70.8 cm³/mol. The summed E-state index contributed by atoms with van der Waals surface area (Å²) in [6.07, 6.45) is -0.0160. The van der Waals surface area contributed by atoms with Crippen molar-refractivity contribution in [2.24, 2.45) is 0 Å². The second-order valence-electron chi connectivity index (χ2n) is 4.98. The van der Waals surface area contributed by atoms with Crippen LogP contribution < -0.4 is 5.32 Å². The Morgan fingerprint density at radius 3 is 2.32 bits per heavy atom. The molecule has 1 amide bonds. The van der Waals surface area contributed by atoms with Gasteiger partial charge in [0.05, 0.1) is 18.8 Å². The second-order valence-corrected chi connectivity index (χ2v) is 5.90. The van der Waals surface area contributed by atoms with E-state index in [2.05, 4.69) is 21.2 Å². The van der Waals surface area contributed by atoms with Crippen LogP contribution in [0.4, 0.5) is 4.79 Å². The van der Waals surface area contributed by atoms with Gasteiger partial charge in [0.1, 0.15) is 0 Å². The van der Waals surface area contributed by atoms with E-state index in [-0.39, 0.29) is 0 Å². The van der Waals surface area contributed by atoms with Crippen LogP contribution in [0.3, 0.4) is 0 Å². The van der Waals surface area contributed by atoms with Crippen LogP contribution in [0.1, 0.15) is 18.4 Å². The summed E-state index contributed by atoms with van der Waals surface area (Å²) in [6.45, 7) is 1.15. The Hall–Kier alpha value is -1.11. The molecule has 1 aliphatic heterocycles. The van der Waals surface area contributed by atoms with Crippen molar-refractivity contribution in [1.82, 2.24) is 5.32 Å². The van der Waals surface area contributed by atoms with Crippen LogP contribution in [0.5, 0.6) is 0 Å². The van der Waals surface area contributed by atoms with Crippen LogP contribution in [0, 0.1) is 0 Å². The molecule has 0 unspecified atom stereocenters. The lowest BCUT2D eigenvalue weighted by Crippen LogP contribution is -2.63. The van der Waals surface area contributed by atoms with E-state index < -0.39 is 17.4 Å². The monoisotopic (exact) mass is 327 g/mol. The molecule has 1 aromatic rings. The minimum Gasteiger partial charge on any atom is -0.465 e. The van der Waals surface area contributed by atoms with E-state index in [0.29, 0.717) is 26.1 Å². The molecule has 6 heteroatoms. The van der Waals surface area contributed by atoms with E-state index in [9.17, 15) is 4.79 Å². The molecule has 0 atom stereocenters. The molecule has 102 valence electrons. The van der Waals surface area contributed by atoms with Gasteiger partial charge in [-0.1, -0.05) is 28.1 Å². The third kappa shape index (κ3) is 2.24. The van der Waals surface area contributed by atoms with Gasteiger partial charge >= 0.3 is 6.09 Å². The van der Waals surface area contributed by atoms with Crippen molar-refractivity contribution in [2.45, 2.75) is 24.2 Å². The molecule has 0 radical (unpaired) electrons. The number of hydrogen-bond acceptors (Lipinski definition) is 3. The molecule has 2 N–H and O–H groups in total. The number of rotatable bonds is 2. The highest BCUT2D eigenvalue weighted by Gasteiger charge is 2.60. The number of halogens is 1. The van der Waals surface area contributed by atoms with E-state index >= 15 is 0 Å². The van der Waals surface area contributed by atoms with Crippen molar-refractivity contribution in [1.29, 1.82) is 0 Å². The highest BCUT2D eigenvalue weighted by Crippen LogP contribution is 2.52. The molecular formula is C13H14BrNO4. The van der Waals surface area contributed by atoms with Gasteiger partial charge in [0.25, 0.3) is 0 Å². The predicted octanol–water partition coefficient (Wildman–Crippen LogP) is 2.45. The Balaban J connectivity index is 1.86. The maximum Gasteiger partial charge on any atom is 0.405 e. The number of carboxylic acid groups (broad SMARTS) is 1. The zero-order valence-electron chi connectivity index (χ0n) is 10.2. The number of carbonyl (C=O) groups is 1. The van der Waals surface area contributed by atoms with Crippen molar-refractivity contribution in [3.8, 4) is 0 Å². The largest absolute Gasteiger partial charge is 0.465 e. The number of nitrogens with one attached hydrogen (secondary N) is 1. The topological polar surface area (TPSA) is 67.8 Å². The summed E-state index contributed by atoms with van der Waals surface area (Å²) in [6, 6.07) is 7.65. The Labute approximate surface area is 119 Å². The summed E-state index contributed by atoms with van der Waals surface area (Å²) < 4.78 is 12.2. The van der Waals surface area contributed by atoms with Gasteiger partial charge in [-0.15, -0.1) is 0 Å². The van der Waals surface area contributed by atoms with Gasteiger partial charge in [0, 0.05) is 17.3 Å². The van der Waals surface area contributed by atoms with E-state index in [1.807, 2.05) is 24.3 Å². The van der Waals surface area contributed by atoms with E-state index in [0.717, 1.165) is 10.0 Å². The maximum atomic E-state index is 11.0. The molecule has 0 bridgehead atoms. The zero-order chi connectivity index (χ0) is 13.5. The van der Waals surface area contributed by atoms with Crippen molar-refractivity contribution in [3.05, 3.63) is 34.3 Å². The Kier molecular flexibility index (Phi) is 3.03. The van der Waals surface area contributed by atoms with Gasteiger partial charge in [-0.3, -0.25) is 0 Å². The summed E-state index contributed by atoms with van der Waals surface area (Å²) in [4.78, 5) is 11.0. The molecule has 1 saturated carbocycles. The van der Waals surface area contributed by atoms with Gasteiger partial charge in [-0.25, -0.2) is 4.79 Å². The maximum absolute atomic E-state index is 11.0. The SMILES string of the molecule is O=C(O)NC1(c2ccc(Br)cc2)CC2(C1)OCCO2. The molecular weight excluding hydrogens is 314 g/mol. The lowest BCUT2D eigenvalue weighted by molar-refractivity contribution is -0.244. The lowest BCUT2D eigenvalue weighted by atomic mass is 9.67. The van der Waals surface area contributed by atoms with Gasteiger partial charge in [-0.05, 0) is 17.7 Å². The van der Waals surface area contributed by atoms with Crippen LogP contribution in [0.15, 0.2) is 28.7 Å². The number of ether oxygens (including phenoxy) is 2. The first-order chi connectivity index (χ1) is 9.04. The average molecular weight is 328 g/mol. The fourth-order valence-corrected chi connectivity index (χ4v) is 3.17. The van der Waals surface area contributed by atoms with Crippen molar-refractivity contribution in [2.75, 3.05) is 13.2 Å². The van der Waals surface area contributed by atoms with E-state index in [1.165, 1.54) is 0 Å². The van der Waals surface area contributed by atoms with Gasteiger partial charge in [0.2, 0.25) is 0 Å². The molecule has 1 aliphatic carbocycles. The Bertz CT molecular complexity index is 488. The van der Waals surface area contributed by atoms with E-state index in [1.54, 1.807) is 0 Å². The van der Waals surface area contributed by atoms with Crippen LogP contribution >= 0.6 is 15.9 Å². The molecule has 3 rings (SSSR count). The minimum absolute atomic E-state index is 0.508. The summed E-state index contributed by atoms with van der Waals surface area (Å²) in [7, 11) is 0. The summed E-state index contributed by atoms with van der Waals surface area (Å²) in [5.74, 6) is -0.602. The highest BCUT2D eigenvalue weighted by molar-refractivity contribution is 9.10. The molecule has 2 fully saturated rings. The normalized spacial score (nSPS) is 23.0. The molecule has 19 heavy (non-hydrogen) atoms. The standard InChI is InChI=1S/C13H14BrNO4/c14-10-3-1-9(2-4-10)12(15-11(16)17)7-13(8-12)18-5-6-19-13/h1-4,15H,5-8H2,(H,16,17). The van der Waals surface area contributed by atoms with Crippen LogP contribution in [0.2, 0.25) is 0 Å². The molecule has 0 aromatic heterocycles. The van der Waals surface area contributed by atoms with Crippen molar-refractivity contribution in [3.63, 3.8) is 0 Å². The van der Waals surface area contributed by atoms with Gasteiger partial charge in [0.15, 0.2) is 5.79 Å². The van der Waals surface area contributed by atoms with Gasteiger partial charge in [-0.2, -0.15) is 0 Å². The molecule has 2 aliphatic rings. The smallest absolute Gasteiger partial charge is 0.405 e. The van der Waals surface area contributed by atoms with Crippen LogP contribution in [-0.4, -0.2) is 30.2 Å². The fourth-order valence-electron chi connectivity index (χ4n) is 2.91. The van der Waals surface area contributed by atoms with Crippen LogP contribution in [0.25, 0.3) is 0 Å². The highest BCUT2D eigenvalue weighted by atomic mass is 79.9. The lowest BCUT2D eigenvalue weighted by Gasteiger charge is -2.52. The number of amides is 1. The fraction of sp³-hybridized carbons (Fsp3) is 0.462. The summed E-state index contributed by atoms with van der Waals surface area (Å²) >= 11 is 3.38. The first-order valence-corrected chi connectivity index (χ1v) is 6.88. The number of hydrogen-bond donors (Lipinski definition) is 2. The summed E-state index contributed by atoms with van der Waals surface area (Å²) in [5, 5.41) is 11.7. The zero-order valence-corrected chi connectivity index (χ0v) is 11.8. The van der Waals surface area contributed by atoms with Crippen molar-refractivity contribution >= 4 is 22.0 Å². The van der Waals surface area contributed by atoms with E-state index in [4.69, 9.17) is 14.6 Å². The summed E-state index contributed by atoms with van der Waals surface area (Å²) in [5.41, 5.74) is 0.319. The van der Waals surface area contributed by atoms with Gasteiger partial charge < -0.3 is 19.9 Å².